The molecule has 3 aliphatic heterocycles. The van der Waals surface area contributed by atoms with Gasteiger partial charge in [0.15, 0.2) is 5.78 Å². The van der Waals surface area contributed by atoms with E-state index in [-0.39, 0.29) is 62.5 Å². The lowest BCUT2D eigenvalue weighted by molar-refractivity contribution is -0.149. The first-order valence-corrected chi connectivity index (χ1v) is 27.8. The third-order valence-corrected chi connectivity index (χ3v) is 15.5. The van der Waals surface area contributed by atoms with E-state index in [2.05, 4.69) is 42.0 Å². The summed E-state index contributed by atoms with van der Waals surface area (Å²) in [5.74, 6) is -8.86. The molecular formula is C54H90N8O15. The fourth-order valence-corrected chi connectivity index (χ4v) is 10.8. The maximum Gasteiger partial charge on any atom is 0.248 e. The van der Waals surface area contributed by atoms with Crippen molar-refractivity contribution in [1.29, 1.82) is 0 Å². The Morgan fingerprint density at radius 3 is 2.03 bits per heavy atom. The van der Waals surface area contributed by atoms with E-state index in [1.54, 1.807) is 0 Å². The number of aliphatic hydroxyl groups excluding tert-OH is 7. The van der Waals surface area contributed by atoms with Gasteiger partial charge in [-0.25, -0.2) is 0 Å². The Bertz CT molecular complexity index is 2070. The Morgan fingerprint density at radius 2 is 1.39 bits per heavy atom. The number of nitrogens with zero attached hydrogens (tertiary/aromatic N) is 2. The van der Waals surface area contributed by atoms with Crippen LogP contribution < -0.4 is 32.7 Å². The normalized spacial score (nSPS) is 28.8. The van der Waals surface area contributed by atoms with E-state index in [9.17, 15) is 74.4 Å². The van der Waals surface area contributed by atoms with Crippen LogP contribution in [0.4, 0.5) is 0 Å². The van der Waals surface area contributed by atoms with Crippen LogP contribution >= 0.6 is 0 Å². The van der Waals surface area contributed by atoms with E-state index >= 15 is 0 Å². The smallest absolute Gasteiger partial charge is 0.248 e. The number of phenolic OH excluding ortho intramolecular Hbond substituents is 1. The number of Topliss-reactive ketones (excluding diaryl/α,β-unsaturated/α-hetero) is 2. The van der Waals surface area contributed by atoms with Gasteiger partial charge in [-0.2, -0.15) is 0 Å². The Hall–Kier alpha value is -4.69. The standard InChI is InChI=1S/C54H90N8O15/c1-5-30(2)24-31(3)12-10-8-6-7-9-11-13-36(65)25-34-26-43(70)49(57-22-21-56)60-52(75)46-41(68)19-23-61(46)54(77)45(40(67)18-20-55)59-51(74)38(48(72)47(71)33-14-16-35(64)17-15-33)28-42(69)39-27-37(66)29-62(39)53(76)44(32(4)63)58-50(34)73/h14-17,30-32,34,37-41,43-49,57,63-64,66-68,70-72H,5-13,18-29,55-56H2,1-4H3,(H,58,73)(H,59,74)(H,60,75)/t30?,31?,32-,34+,37-,38+,39+,40-,41+,43-,44+,45+,46+,47+,48+,49+/m1/s1. The molecule has 3 aliphatic rings. The number of aliphatic hydroxyl groups is 7. The average molecular weight is 1090 g/mol. The monoisotopic (exact) mass is 1090 g/mol. The minimum Gasteiger partial charge on any atom is -0.508 e. The Labute approximate surface area is 452 Å². The van der Waals surface area contributed by atoms with Crippen LogP contribution in [0.1, 0.15) is 142 Å². The van der Waals surface area contributed by atoms with Crippen LogP contribution in [0.25, 0.3) is 0 Å². The molecule has 2 unspecified atom stereocenters. The second-order valence-corrected chi connectivity index (χ2v) is 21.9. The molecule has 16 atom stereocenters. The molecule has 436 valence electrons. The molecule has 3 fully saturated rings. The second-order valence-electron chi connectivity index (χ2n) is 21.9. The number of carbonyl (C=O) groups excluding carboxylic acids is 7. The summed E-state index contributed by atoms with van der Waals surface area (Å²) in [6, 6.07) is -2.13. The van der Waals surface area contributed by atoms with Gasteiger partial charge in [0, 0.05) is 57.8 Å². The maximum absolute atomic E-state index is 14.6. The van der Waals surface area contributed by atoms with E-state index in [1.165, 1.54) is 37.6 Å². The summed E-state index contributed by atoms with van der Waals surface area (Å²) in [6.07, 6.45) is -7.28. The van der Waals surface area contributed by atoms with Crippen LogP contribution in [0.15, 0.2) is 24.3 Å². The summed E-state index contributed by atoms with van der Waals surface area (Å²) in [7, 11) is 0. The van der Waals surface area contributed by atoms with Crippen molar-refractivity contribution >= 4 is 41.1 Å². The van der Waals surface area contributed by atoms with E-state index in [0.717, 1.165) is 54.7 Å². The van der Waals surface area contributed by atoms with Crippen molar-refractivity contribution in [2.24, 2.45) is 35.1 Å². The third-order valence-electron chi connectivity index (χ3n) is 15.5. The van der Waals surface area contributed by atoms with Gasteiger partial charge >= 0.3 is 0 Å². The molecule has 0 saturated carbocycles. The first-order valence-electron chi connectivity index (χ1n) is 27.8. The zero-order valence-electron chi connectivity index (χ0n) is 45.4. The summed E-state index contributed by atoms with van der Waals surface area (Å²) in [5, 5.41) is 100. The number of unbranched alkanes of at least 4 members (excludes halogenated alkanes) is 5. The maximum atomic E-state index is 14.6. The van der Waals surface area contributed by atoms with Gasteiger partial charge in [-0.15, -0.1) is 0 Å². The lowest BCUT2D eigenvalue weighted by Gasteiger charge is -2.34. The Morgan fingerprint density at radius 1 is 0.753 bits per heavy atom. The molecule has 3 saturated heterocycles. The fraction of sp³-hybridized carbons (Fsp3) is 0.759. The first-order chi connectivity index (χ1) is 36.5. The van der Waals surface area contributed by atoms with Gasteiger partial charge in [0.1, 0.15) is 41.9 Å². The molecule has 1 aromatic carbocycles. The van der Waals surface area contributed by atoms with Crippen LogP contribution in [0.5, 0.6) is 5.75 Å². The summed E-state index contributed by atoms with van der Waals surface area (Å²) in [6.45, 7) is 6.94. The highest BCUT2D eigenvalue weighted by Gasteiger charge is 2.49. The fourth-order valence-electron chi connectivity index (χ4n) is 10.8. The van der Waals surface area contributed by atoms with E-state index in [1.807, 2.05) is 0 Å². The quantitative estimate of drug-likeness (QED) is 0.0545. The predicted molar refractivity (Wildman–Crippen MR) is 283 cm³/mol. The van der Waals surface area contributed by atoms with E-state index in [4.69, 9.17) is 11.5 Å². The number of hydrogen-bond donors (Lipinski definition) is 14. The molecule has 23 nitrogen and oxygen atoms in total. The summed E-state index contributed by atoms with van der Waals surface area (Å²) in [5.41, 5.74) is 11.6. The minimum atomic E-state index is -2.16. The Balaban J connectivity index is 1.73. The highest BCUT2D eigenvalue weighted by molar-refractivity contribution is 5.98. The topological polar surface area (TPSA) is 388 Å². The molecule has 0 bridgehead atoms. The van der Waals surface area contributed by atoms with Gasteiger partial charge in [-0.05, 0) is 75.1 Å². The van der Waals surface area contributed by atoms with Gasteiger partial charge in [-0.1, -0.05) is 77.8 Å². The molecule has 23 heteroatoms. The van der Waals surface area contributed by atoms with Crippen LogP contribution in [-0.2, 0) is 33.6 Å². The van der Waals surface area contributed by atoms with Gasteiger partial charge in [0.2, 0.25) is 29.5 Å². The molecule has 4 rings (SSSR count). The van der Waals surface area contributed by atoms with Gasteiger partial charge in [-0.3, -0.25) is 38.9 Å². The number of rotatable bonds is 24. The number of benzene rings is 1. The average Bonchev–Trinajstić information content (AvgIpc) is 3.99. The molecule has 1 aromatic rings. The lowest BCUT2D eigenvalue weighted by Crippen LogP contribution is -2.63. The number of nitrogens with two attached hydrogens (primary N) is 2. The number of aromatic hydroxyl groups is 1. The summed E-state index contributed by atoms with van der Waals surface area (Å²) in [4.78, 5) is 103. The van der Waals surface area contributed by atoms with E-state index < -0.39 is 152 Å². The first kappa shape index (κ1) is 64.8. The molecule has 5 amide bonds. The van der Waals surface area contributed by atoms with Crippen molar-refractivity contribution < 1.29 is 74.4 Å². The van der Waals surface area contributed by atoms with Gasteiger partial charge in [0.25, 0.3) is 0 Å². The van der Waals surface area contributed by atoms with Crippen LogP contribution in [-0.4, -0.2) is 191 Å². The number of phenols is 1. The van der Waals surface area contributed by atoms with Crippen molar-refractivity contribution in [3.63, 3.8) is 0 Å². The molecule has 16 N–H and O–H groups in total. The zero-order chi connectivity index (χ0) is 57.1. The number of nitrogens with one attached hydrogen (secondary N) is 4. The third kappa shape index (κ3) is 19.0. The highest BCUT2D eigenvalue weighted by atomic mass is 16.3. The largest absolute Gasteiger partial charge is 0.508 e. The number of carbonyl (C=O) groups is 7. The van der Waals surface area contributed by atoms with Crippen molar-refractivity contribution in [1.82, 2.24) is 31.1 Å². The number of fused-ring (bicyclic) bond motifs is 2. The molecule has 0 radical (unpaired) electrons. The summed E-state index contributed by atoms with van der Waals surface area (Å²) < 4.78 is 0. The van der Waals surface area contributed by atoms with Crippen LogP contribution in [0.3, 0.4) is 0 Å². The summed E-state index contributed by atoms with van der Waals surface area (Å²) >= 11 is 0. The van der Waals surface area contributed by atoms with Crippen molar-refractivity contribution in [2.75, 3.05) is 32.7 Å². The number of hydrogen-bond acceptors (Lipinski definition) is 18. The van der Waals surface area contributed by atoms with Crippen molar-refractivity contribution in [3.05, 3.63) is 29.8 Å². The highest BCUT2D eigenvalue weighted by Crippen LogP contribution is 2.31. The minimum absolute atomic E-state index is 0.00947. The molecule has 3 heterocycles. The number of ketones is 2. The van der Waals surface area contributed by atoms with Crippen molar-refractivity contribution in [2.45, 2.75) is 203 Å². The molecular weight excluding hydrogens is 1000 g/mol. The van der Waals surface area contributed by atoms with Crippen molar-refractivity contribution in [3.8, 4) is 5.75 Å². The van der Waals surface area contributed by atoms with Gasteiger partial charge in [0.05, 0.1) is 48.6 Å². The van der Waals surface area contributed by atoms with Crippen LogP contribution in [0, 0.1) is 23.7 Å². The molecule has 0 aromatic heterocycles. The zero-order valence-corrected chi connectivity index (χ0v) is 45.4. The molecule has 77 heavy (non-hydrogen) atoms. The lowest BCUT2D eigenvalue weighted by atomic mass is 9.86. The molecule has 0 aliphatic carbocycles. The Kier molecular flexibility index (Phi) is 26.8. The van der Waals surface area contributed by atoms with E-state index in [0.29, 0.717) is 18.3 Å². The SMILES string of the molecule is CCC(C)CC(C)CCCCCCCCC(=O)C[C@H]1C[C@@H](O)[C@@H](NCCN)NC(=O)[C@@H]2[C@@H](O)CCN2C(=O)[C@H]([C@H](O)CCN)NC(=O)[C@H]([C@H](O)[C@@H](O)c2ccc(O)cc2)CC(=O)[C@@H]2C[C@@H](O)CN2C(=O)[C@H]([C@@H](C)O)NC1=O. The predicted octanol–water partition coefficient (Wildman–Crippen LogP) is -1.13. The molecule has 0 spiro atoms. The second kappa shape index (κ2) is 31.8. The number of amides is 5. The van der Waals surface area contributed by atoms with Gasteiger partial charge < -0.3 is 78.1 Å². The van der Waals surface area contributed by atoms with Crippen LogP contribution in [0.2, 0.25) is 0 Å².